The molecule has 11 heteroatoms. The molecule has 0 radical (unpaired) electrons. The van der Waals surface area contributed by atoms with E-state index in [0.29, 0.717) is 13.2 Å². The zero-order valence-corrected chi connectivity index (χ0v) is 12.7. The lowest BCUT2D eigenvalue weighted by Gasteiger charge is -2.15. The fraction of sp³-hybridized carbons (Fsp3) is 0.385. The van der Waals surface area contributed by atoms with Gasteiger partial charge in [-0.2, -0.15) is 18.2 Å². The van der Waals surface area contributed by atoms with Gasteiger partial charge in [0.15, 0.2) is 5.75 Å². The van der Waals surface area contributed by atoms with Gasteiger partial charge >= 0.3 is 18.2 Å². The van der Waals surface area contributed by atoms with E-state index in [1.165, 1.54) is 37.4 Å². The highest BCUT2D eigenvalue weighted by Gasteiger charge is 2.38. The zero-order chi connectivity index (χ0) is 17.7. The Balaban J connectivity index is 2.03. The Kier molecular flexibility index (Phi) is 5.34. The van der Waals surface area contributed by atoms with E-state index < -0.39 is 18.2 Å². The van der Waals surface area contributed by atoms with Gasteiger partial charge in [0.1, 0.15) is 5.69 Å². The minimum absolute atomic E-state index is 0.0433. The lowest BCUT2D eigenvalue weighted by Crippen LogP contribution is -2.32. The van der Waals surface area contributed by atoms with Crippen molar-refractivity contribution in [2.24, 2.45) is 0 Å². The van der Waals surface area contributed by atoms with Gasteiger partial charge in [-0.15, -0.1) is 0 Å². The van der Waals surface area contributed by atoms with E-state index >= 15 is 0 Å². The van der Waals surface area contributed by atoms with Crippen molar-refractivity contribution in [3.63, 3.8) is 0 Å². The van der Waals surface area contributed by atoms with E-state index in [1.54, 1.807) is 0 Å². The summed E-state index contributed by atoms with van der Waals surface area (Å²) >= 11 is 0. The SMILES string of the molecule is COCCN(C)C(=O)Oc1ccc(-c2noc(C(F)(F)F)n2)nc1. The van der Waals surface area contributed by atoms with Gasteiger partial charge in [-0.3, -0.25) is 0 Å². The fourth-order valence-corrected chi connectivity index (χ4v) is 1.51. The molecule has 0 aliphatic rings. The van der Waals surface area contributed by atoms with Gasteiger partial charge in [-0.25, -0.2) is 9.78 Å². The van der Waals surface area contributed by atoms with Crippen LogP contribution in [0.25, 0.3) is 11.5 Å². The number of carbonyl (C=O) groups excluding carboxylic acids is 1. The van der Waals surface area contributed by atoms with Gasteiger partial charge in [0.05, 0.1) is 12.8 Å². The predicted molar refractivity (Wildman–Crippen MR) is 73.1 cm³/mol. The second kappa shape index (κ2) is 7.25. The van der Waals surface area contributed by atoms with Crippen LogP contribution in [-0.2, 0) is 10.9 Å². The third-order valence-corrected chi connectivity index (χ3v) is 2.78. The maximum Gasteiger partial charge on any atom is 0.471 e. The Morgan fingerprint density at radius 2 is 2.12 bits per heavy atom. The van der Waals surface area contributed by atoms with E-state index in [1.807, 2.05) is 0 Å². The summed E-state index contributed by atoms with van der Waals surface area (Å²) in [7, 11) is 3.03. The molecule has 24 heavy (non-hydrogen) atoms. The van der Waals surface area contributed by atoms with Crippen molar-refractivity contribution in [1.82, 2.24) is 20.0 Å². The molecule has 0 saturated heterocycles. The number of carbonyl (C=O) groups is 1. The number of hydrogen-bond acceptors (Lipinski definition) is 7. The van der Waals surface area contributed by atoms with Crippen LogP contribution in [-0.4, -0.2) is 53.4 Å². The predicted octanol–water partition coefficient (Wildman–Crippen LogP) is 2.23. The number of nitrogens with zero attached hydrogens (tertiary/aromatic N) is 4. The molecule has 2 aromatic heterocycles. The third-order valence-electron chi connectivity index (χ3n) is 2.78. The second-order valence-corrected chi connectivity index (χ2v) is 4.58. The standard InChI is InChI=1S/C13H13F3N4O4/c1-20(5-6-22-2)12(21)23-8-3-4-9(17-7-8)10-18-11(24-19-10)13(14,15)16/h3-4,7H,5-6H2,1-2H3. The molecule has 8 nitrogen and oxygen atoms in total. The third kappa shape index (κ3) is 4.41. The van der Waals surface area contributed by atoms with E-state index in [-0.39, 0.29) is 17.3 Å². The summed E-state index contributed by atoms with van der Waals surface area (Å²) in [5, 5.41) is 3.21. The Morgan fingerprint density at radius 1 is 1.38 bits per heavy atom. The summed E-state index contributed by atoms with van der Waals surface area (Å²) in [4.78, 5) is 20.1. The number of methoxy groups -OCH3 is 1. The van der Waals surface area contributed by atoms with Crippen molar-refractivity contribution in [3.8, 4) is 17.3 Å². The highest BCUT2D eigenvalue weighted by Crippen LogP contribution is 2.29. The first-order chi connectivity index (χ1) is 11.3. The molecule has 2 heterocycles. The van der Waals surface area contributed by atoms with Crippen molar-refractivity contribution in [3.05, 3.63) is 24.2 Å². The average molecular weight is 346 g/mol. The van der Waals surface area contributed by atoms with Gasteiger partial charge < -0.3 is 18.9 Å². The summed E-state index contributed by atoms with van der Waals surface area (Å²) < 4.78 is 51.2. The number of hydrogen-bond donors (Lipinski definition) is 0. The van der Waals surface area contributed by atoms with Gasteiger partial charge in [0.25, 0.3) is 0 Å². The molecule has 0 aliphatic carbocycles. The molecule has 0 aliphatic heterocycles. The first-order valence-electron chi connectivity index (χ1n) is 6.60. The van der Waals surface area contributed by atoms with Crippen LogP contribution < -0.4 is 4.74 Å². The molecule has 2 rings (SSSR count). The van der Waals surface area contributed by atoms with E-state index in [0.717, 1.165) is 0 Å². The Morgan fingerprint density at radius 3 is 2.67 bits per heavy atom. The summed E-state index contributed by atoms with van der Waals surface area (Å²) in [6.07, 6.45) is -4.19. The zero-order valence-electron chi connectivity index (χ0n) is 12.7. The largest absolute Gasteiger partial charge is 0.471 e. The maximum atomic E-state index is 12.4. The van der Waals surface area contributed by atoms with E-state index in [4.69, 9.17) is 9.47 Å². The first kappa shape index (κ1) is 17.7. The van der Waals surface area contributed by atoms with Crippen LogP contribution in [0.4, 0.5) is 18.0 Å². The number of halogens is 3. The van der Waals surface area contributed by atoms with Crippen molar-refractivity contribution in [1.29, 1.82) is 0 Å². The molecule has 0 aromatic carbocycles. The number of ether oxygens (including phenoxy) is 2. The normalized spacial score (nSPS) is 11.4. The summed E-state index contributed by atoms with van der Waals surface area (Å²) in [5.41, 5.74) is 0.0433. The summed E-state index contributed by atoms with van der Waals surface area (Å²) in [6, 6.07) is 2.66. The van der Waals surface area contributed by atoms with Crippen LogP contribution >= 0.6 is 0 Å². The van der Waals surface area contributed by atoms with Crippen LogP contribution in [0, 0.1) is 0 Å². The first-order valence-corrected chi connectivity index (χ1v) is 6.60. The van der Waals surface area contributed by atoms with Crippen LogP contribution in [0.15, 0.2) is 22.9 Å². The van der Waals surface area contributed by atoms with Crippen LogP contribution in [0.1, 0.15) is 5.89 Å². The van der Waals surface area contributed by atoms with Gasteiger partial charge in [0.2, 0.25) is 5.82 Å². The number of likely N-dealkylation sites (N-methyl/N-ethyl adjacent to an activating group) is 1. The van der Waals surface area contributed by atoms with Crippen LogP contribution in [0.5, 0.6) is 5.75 Å². The molecule has 2 aromatic rings. The Bertz CT molecular complexity index is 687. The van der Waals surface area contributed by atoms with Gasteiger partial charge in [-0.05, 0) is 12.1 Å². The van der Waals surface area contributed by atoms with Crippen LogP contribution in [0.3, 0.4) is 0 Å². The molecule has 0 bridgehead atoms. The number of amides is 1. The summed E-state index contributed by atoms with van der Waals surface area (Å²) in [5.74, 6) is -1.67. The monoisotopic (exact) mass is 346 g/mol. The topological polar surface area (TPSA) is 90.6 Å². The molecule has 0 spiro atoms. The lowest BCUT2D eigenvalue weighted by molar-refractivity contribution is -0.159. The Labute approximate surface area is 134 Å². The summed E-state index contributed by atoms with van der Waals surface area (Å²) in [6.45, 7) is 0.687. The second-order valence-electron chi connectivity index (χ2n) is 4.58. The van der Waals surface area contributed by atoms with Crippen molar-refractivity contribution < 1.29 is 32.0 Å². The molecular formula is C13H13F3N4O4. The molecule has 0 atom stereocenters. The minimum Gasteiger partial charge on any atom is -0.409 e. The van der Waals surface area contributed by atoms with Crippen LogP contribution in [0.2, 0.25) is 0 Å². The smallest absolute Gasteiger partial charge is 0.409 e. The van der Waals surface area contributed by atoms with Gasteiger partial charge in [0, 0.05) is 20.7 Å². The number of pyridine rings is 1. The highest BCUT2D eigenvalue weighted by molar-refractivity contribution is 5.70. The molecular weight excluding hydrogens is 333 g/mol. The lowest BCUT2D eigenvalue weighted by atomic mass is 10.3. The van der Waals surface area contributed by atoms with Crippen molar-refractivity contribution >= 4 is 6.09 Å². The van der Waals surface area contributed by atoms with E-state index in [9.17, 15) is 18.0 Å². The number of rotatable bonds is 5. The molecule has 0 fully saturated rings. The fourth-order valence-electron chi connectivity index (χ4n) is 1.51. The molecule has 1 amide bonds. The van der Waals surface area contributed by atoms with Crippen molar-refractivity contribution in [2.75, 3.05) is 27.3 Å². The maximum absolute atomic E-state index is 12.4. The number of alkyl halides is 3. The average Bonchev–Trinajstić information content (AvgIpc) is 3.03. The number of aromatic nitrogens is 3. The molecule has 0 N–H and O–H groups in total. The molecule has 0 saturated carbocycles. The minimum atomic E-state index is -4.73. The van der Waals surface area contributed by atoms with Crippen molar-refractivity contribution in [2.45, 2.75) is 6.18 Å². The molecule has 130 valence electrons. The van der Waals surface area contributed by atoms with E-state index in [2.05, 4.69) is 19.6 Å². The molecule has 0 unspecified atom stereocenters. The quantitative estimate of drug-likeness (QED) is 0.820. The highest BCUT2D eigenvalue weighted by atomic mass is 19.4. The van der Waals surface area contributed by atoms with Gasteiger partial charge in [-0.1, -0.05) is 5.16 Å². The Hall–Kier alpha value is -2.69.